The molecule has 0 heterocycles. The van der Waals surface area contributed by atoms with Gasteiger partial charge in [-0.1, -0.05) is 25.1 Å². The maximum atomic E-state index is 12.1. The molecule has 3 amide bonds. The van der Waals surface area contributed by atoms with Crippen molar-refractivity contribution in [3.63, 3.8) is 0 Å². The van der Waals surface area contributed by atoms with Gasteiger partial charge in [-0.25, -0.2) is 5.43 Å². The molecule has 0 aliphatic heterocycles. The highest BCUT2D eigenvalue weighted by molar-refractivity contribution is 6.39. The lowest BCUT2D eigenvalue weighted by Gasteiger charge is -2.08. The number of nitrogens with zero attached hydrogens (tertiary/aromatic N) is 1. The third kappa shape index (κ3) is 7.21. The molecule has 0 bridgehead atoms. The van der Waals surface area contributed by atoms with Crippen LogP contribution in [-0.2, 0) is 20.8 Å². The second-order valence-corrected chi connectivity index (χ2v) is 6.89. The SMILES string of the molecule is CCc1ccc(NC(=O)C(=O)N/N=C(\C)CC(=O)Nc2cc(C)cc(C)c2)cc1. The van der Waals surface area contributed by atoms with Crippen LogP contribution < -0.4 is 16.1 Å². The highest BCUT2D eigenvalue weighted by atomic mass is 16.2. The number of hydrazone groups is 1. The predicted molar refractivity (Wildman–Crippen MR) is 115 cm³/mol. The fourth-order valence-electron chi connectivity index (χ4n) is 2.73. The van der Waals surface area contributed by atoms with Crippen molar-refractivity contribution in [3.8, 4) is 0 Å². The van der Waals surface area contributed by atoms with E-state index in [-0.39, 0.29) is 12.3 Å². The predicted octanol–water partition coefficient (Wildman–Crippen LogP) is 3.33. The Morgan fingerprint density at radius 1 is 0.862 bits per heavy atom. The zero-order valence-electron chi connectivity index (χ0n) is 17.1. The second-order valence-electron chi connectivity index (χ2n) is 6.89. The number of benzene rings is 2. The molecule has 2 aromatic rings. The summed E-state index contributed by atoms with van der Waals surface area (Å²) < 4.78 is 0. The molecular formula is C22H26N4O3. The molecule has 0 saturated carbocycles. The van der Waals surface area contributed by atoms with Crippen LogP contribution in [0.4, 0.5) is 11.4 Å². The summed E-state index contributed by atoms with van der Waals surface area (Å²) in [7, 11) is 0. The molecule has 0 radical (unpaired) electrons. The molecule has 0 spiro atoms. The highest BCUT2D eigenvalue weighted by Gasteiger charge is 2.13. The standard InChI is InChI=1S/C22H26N4O3/c1-5-17-6-8-18(9-7-17)24-21(28)22(29)26-25-16(4)13-20(27)23-19-11-14(2)10-15(3)12-19/h6-12H,5,13H2,1-4H3,(H,23,27)(H,24,28)(H,26,29)/b25-16+. The van der Waals surface area contributed by atoms with Crippen LogP contribution in [0.25, 0.3) is 0 Å². The van der Waals surface area contributed by atoms with Crippen molar-refractivity contribution in [2.24, 2.45) is 5.10 Å². The van der Waals surface area contributed by atoms with Gasteiger partial charge in [-0.3, -0.25) is 14.4 Å². The van der Waals surface area contributed by atoms with E-state index in [2.05, 4.69) is 21.2 Å². The second kappa shape index (κ2) is 10.2. The van der Waals surface area contributed by atoms with Crippen molar-refractivity contribution in [3.05, 3.63) is 59.2 Å². The number of rotatable bonds is 6. The molecule has 0 aromatic heterocycles. The number of aryl methyl sites for hydroxylation is 3. The molecule has 0 aliphatic rings. The minimum Gasteiger partial charge on any atom is -0.326 e. The molecule has 7 heteroatoms. The number of carbonyl (C=O) groups is 3. The van der Waals surface area contributed by atoms with Crippen LogP contribution in [0.5, 0.6) is 0 Å². The van der Waals surface area contributed by atoms with Crippen molar-refractivity contribution in [2.45, 2.75) is 40.5 Å². The molecular weight excluding hydrogens is 368 g/mol. The summed E-state index contributed by atoms with van der Waals surface area (Å²) in [6.45, 7) is 7.54. The molecule has 29 heavy (non-hydrogen) atoms. The third-order valence-corrected chi connectivity index (χ3v) is 4.10. The first-order valence-electron chi connectivity index (χ1n) is 9.38. The number of amides is 3. The Kier molecular flexibility index (Phi) is 7.65. The van der Waals surface area contributed by atoms with Gasteiger partial charge in [-0.05, 0) is 68.1 Å². The third-order valence-electron chi connectivity index (χ3n) is 4.10. The Bertz CT molecular complexity index is 913. The first kappa shape index (κ1) is 21.8. The van der Waals surface area contributed by atoms with Gasteiger partial charge in [0.1, 0.15) is 0 Å². The van der Waals surface area contributed by atoms with Crippen LogP contribution in [0.15, 0.2) is 47.6 Å². The average Bonchev–Trinajstić information content (AvgIpc) is 2.65. The fourth-order valence-corrected chi connectivity index (χ4v) is 2.73. The number of hydrogen-bond donors (Lipinski definition) is 3. The molecule has 7 nitrogen and oxygen atoms in total. The molecule has 0 saturated heterocycles. The number of hydrogen-bond acceptors (Lipinski definition) is 4. The molecule has 2 rings (SSSR count). The zero-order chi connectivity index (χ0) is 21.4. The maximum absolute atomic E-state index is 12.1. The summed E-state index contributed by atoms with van der Waals surface area (Å²) >= 11 is 0. The van der Waals surface area contributed by atoms with Gasteiger partial charge in [0, 0.05) is 17.1 Å². The van der Waals surface area contributed by atoms with E-state index in [1.807, 2.05) is 51.1 Å². The summed E-state index contributed by atoms with van der Waals surface area (Å²) in [6, 6.07) is 13.0. The van der Waals surface area contributed by atoms with Gasteiger partial charge < -0.3 is 10.6 Å². The topological polar surface area (TPSA) is 99.7 Å². The van der Waals surface area contributed by atoms with Crippen LogP contribution in [-0.4, -0.2) is 23.4 Å². The average molecular weight is 394 g/mol. The Morgan fingerprint density at radius 3 is 2.07 bits per heavy atom. The number of carbonyl (C=O) groups excluding carboxylic acids is 3. The lowest BCUT2D eigenvalue weighted by atomic mass is 10.1. The van der Waals surface area contributed by atoms with Gasteiger partial charge in [0.15, 0.2) is 0 Å². The van der Waals surface area contributed by atoms with E-state index in [0.29, 0.717) is 17.1 Å². The summed E-state index contributed by atoms with van der Waals surface area (Å²) in [5, 5.41) is 9.12. The van der Waals surface area contributed by atoms with Crippen LogP contribution in [0.2, 0.25) is 0 Å². The lowest BCUT2D eigenvalue weighted by Crippen LogP contribution is -2.33. The number of nitrogens with one attached hydrogen (secondary N) is 3. The van der Waals surface area contributed by atoms with Crippen LogP contribution in [0.1, 0.15) is 37.0 Å². The van der Waals surface area contributed by atoms with Gasteiger partial charge in [0.2, 0.25) is 5.91 Å². The fraction of sp³-hybridized carbons (Fsp3) is 0.273. The smallest absolute Gasteiger partial charge is 0.326 e. The lowest BCUT2D eigenvalue weighted by molar-refractivity contribution is -0.136. The molecule has 0 unspecified atom stereocenters. The Hall–Kier alpha value is -3.48. The highest BCUT2D eigenvalue weighted by Crippen LogP contribution is 2.14. The number of anilines is 2. The van der Waals surface area contributed by atoms with Crippen molar-refractivity contribution in [1.29, 1.82) is 0 Å². The summed E-state index contributed by atoms with van der Waals surface area (Å²) in [4.78, 5) is 36.0. The van der Waals surface area contributed by atoms with E-state index < -0.39 is 11.8 Å². The van der Waals surface area contributed by atoms with Crippen molar-refractivity contribution < 1.29 is 14.4 Å². The van der Waals surface area contributed by atoms with Gasteiger partial charge in [-0.2, -0.15) is 5.10 Å². The zero-order valence-corrected chi connectivity index (χ0v) is 17.1. The molecule has 0 fully saturated rings. The molecule has 3 N–H and O–H groups in total. The van der Waals surface area contributed by atoms with E-state index in [0.717, 1.165) is 23.1 Å². The van der Waals surface area contributed by atoms with E-state index in [1.54, 1.807) is 19.1 Å². The molecule has 0 aliphatic carbocycles. The van der Waals surface area contributed by atoms with Crippen molar-refractivity contribution in [2.75, 3.05) is 10.6 Å². The van der Waals surface area contributed by atoms with Gasteiger partial charge in [0.05, 0.1) is 6.42 Å². The first-order valence-corrected chi connectivity index (χ1v) is 9.38. The minimum atomic E-state index is -0.904. The Labute approximate surface area is 170 Å². The van der Waals surface area contributed by atoms with Gasteiger partial charge in [0.25, 0.3) is 0 Å². The van der Waals surface area contributed by atoms with E-state index in [4.69, 9.17) is 0 Å². The Balaban J connectivity index is 1.84. The van der Waals surface area contributed by atoms with Crippen LogP contribution in [0.3, 0.4) is 0 Å². The maximum Gasteiger partial charge on any atom is 0.329 e. The largest absolute Gasteiger partial charge is 0.329 e. The van der Waals surface area contributed by atoms with Crippen LogP contribution >= 0.6 is 0 Å². The van der Waals surface area contributed by atoms with E-state index in [1.165, 1.54) is 0 Å². The molecule has 2 aromatic carbocycles. The van der Waals surface area contributed by atoms with Gasteiger partial charge in [-0.15, -0.1) is 0 Å². The van der Waals surface area contributed by atoms with Crippen molar-refractivity contribution >= 4 is 34.8 Å². The molecule has 0 atom stereocenters. The quantitative estimate of drug-likeness (QED) is 0.398. The normalized spacial score (nSPS) is 11.0. The van der Waals surface area contributed by atoms with E-state index >= 15 is 0 Å². The first-order chi connectivity index (χ1) is 13.8. The Morgan fingerprint density at radius 2 is 1.48 bits per heavy atom. The van der Waals surface area contributed by atoms with Gasteiger partial charge >= 0.3 is 11.8 Å². The summed E-state index contributed by atoms with van der Waals surface area (Å²) in [6.07, 6.45) is 0.882. The van der Waals surface area contributed by atoms with Crippen LogP contribution in [0, 0.1) is 13.8 Å². The summed E-state index contributed by atoms with van der Waals surface area (Å²) in [5.74, 6) is -1.99. The summed E-state index contributed by atoms with van der Waals surface area (Å²) in [5.41, 5.74) is 7.00. The van der Waals surface area contributed by atoms with E-state index in [9.17, 15) is 14.4 Å². The monoisotopic (exact) mass is 394 g/mol. The minimum absolute atomic E-state index is 0.00658. The molecule has 152 valence electrons. The van der Waals surface area contributed by atoms with Crippen molar-refractivity contribution in [1.82, 2.24) is 5.43 Å².